The van der Waals surface area contributed by atoms with Gasteiger partial charge in [-0.1, -0.05) is 0 Å². The van der Waals surface area contributed by atoms with Crippen LogP contribution in [0.1, 0.15) is 13.8 Å². The average molecular weight is 204 g/mol. The Bertz CT molecular complexity index is 208. The van der Waals surface area contributed by atoms with Gasteiger partial charge >= 0.3 is 5.97 Å². The Morgan fingerprint density at radius 1 is 1.50 bits per heavy atom. The van der Waals surface area contributed by atoms with Gasteiger partial charge in [0.25, 0.3) is 0 Å². The fraction of sp³-hybridized carbons (Fsp3) is 0.750. The van der Waals surface area contributed by atoms with Gasteiger partial charge in [0.2, 0.25) is 12.1 Å². The van der Waals surface area contributed by atoms with Crippen molar-refractivity contribution >= 4 is 11.9 Å². The van der Waals surface area contributed by atoms with Crippen LogP contribution in [0.15, 0.2) is 0 Å². The van der Waals surface area contributed by atoms with Gasteiger partial charge in [0.1, 0.15) is 0 Å². The van der Waals surface area contributed by atoms with Crippen molar-refractivity contribution in [2.75, 3.05) is 20.8 Å². The van der Waals surface area contributed by atoms with Crippen LogP contribution in [0.3, 0.4) is 0 Å². The first-order valence-corrected chi connectivity index (χ1v) is 4.23. The molecular formula is C8H16N2O4. The summed E-state index contributed by atoms with van der Waals surface area (Å²) in [5, 5.41) is 3.61. The zero-order valence-electron chi connectivity index (χ0n) is 8.86. The minimum atomic E-state index is -0.905. The third-order valence-electron chi connectivity index (χ3n) is 1.50. The summed E-state index contributed by atoms with van der Waals surface area (Å²) < 4.78 is 4.75. The van der Waals surface area contributed by atoms with E-state index in [1.807, 2.05) is 0 Å². The summed E-state index contributed by atoms with van der Waals surface area (Å²) >= 11 is 0. The number of hydrogen-bond donors (Lipinski definition) is 1. The number of hydroxylamine groups is 2. The smallest absolute Gasteiger partial charge is 0.346 e. The Balaban J connectivity index is 4.37. The maximum Gasteiger partial charge on any atom is 0.346 e. The van der Waals surface area contributed by atoms with Crippen LogP contribution in [-0.2, 0) is 19.2 Å². The van der Waals surface area contributed by atoms with E-state index < -0.39 is 12.1 Å². The zero-order valence-corrected chi connectivity index (χ0v) is 8.86. The lowest BCUT2D eigenvalue weighted by Crippen LogP contribution is -2.51. The number of nitrogens with zero attached hydrogens (tertiary/aromatic N) is 1. The monoisotopic (exact) mass is 204 g/mol. The van der Waals surface area contributed by atoms with Crippen LogP contribution >= 0.6 is 0 Å². The minimum Gasteiger partial charge on any atom is -0.463 e. The van der Waals surface area contributed by atoms with E-state index >= 15 is 0 Å². The van der Waals surface area contributed by atoms with Gasteiger partial charge in [-0.05, 0) is 6.92 Å². The Morgan fingerprint density at radius 2 is 2.07 bits per heavy atom. The lowest BCUT2D eigenvalue weighted by molar-refractivity contribution is -0.184. The lowest BCUT2D eigenvalue weighted by atomic mass is 10.4. The summed E-state index contributed by atoms with van der Waals surface area (Å²) in [5.41, 5.74) is 0. The maximum absolute atomic E-state index is 11.3. The van der Waals surface area contributed by atoms with Gasteiger partial charge < -0.3 is 10.1 Å². The van der Waals surface area contributed by atoms with Crippen LogP contribution in [0.5, 0.6) is 0 Å². The van der Waals surface area contributed by atoms with Gasteiger partial charge in [0.05, 0.1) is 13.7 Å². The molecule has 82 valence electrons. The average Bonchev–Trinajstić information content (AvgIpc) is 2.13. The summed E-state index contributed by atoms with van der Waals surface area (Å²) in [5.74, 6) is -0.876. The number of rotatable bonds is 5. The number of carbonyl (C=O) groups is 2. The van der Waals surface area contributed by atoms with E-state index in [1.165, 1.54) is 26.1 Å². The first-order chi connectivity index (χ1) is 6.52. The quantitative estimate of drug-likeness (QED) is 0.371. The molecule has 0 fully saturated rings. The van der Waals surface area contributed by atoms with Crippen molar-refractivity contribution in [3.8, 4) is 0 Å². The van der Waals surface area contributed by atoms with Gasteiger partial charge in [-0.3, -0.25) is 9.63 Å². The standard InChI is InChI=1S/C8H16N2O4/c1-5-14-8(12)7(9-6(2)11)10(3)13-4/h7H,5H2,1-4H3,(H,9,11). The van der Waals surface area contributed by atoms with Gasteiger partial charge in [-0.2, -0.15) is 5.06 Å². The number of amides is 1. The summed E-state index contributed by atoms with van der Waals surface area (Å²) in [7, 11) is 2.92. The fourth-order valence-electron chi connectivity index (χ4n) is 0.817. The molecule has 1 N–H and O–H groups in total. The summed E-state index contributed by atoms with van der Waals surface area (Å²) in [6.45, 7) is 3.26. The van der Waals surface area contributed by atoms with Crippen molar-refractivity contribution in [2.24, 2.45) is 0 Å². The molecule has 0 rings (SSSR count). The van der Waals surface area contributed by atoms with Crippen LogP contribution in [0, 0.1) is 0 Å². The second-order valence-corrected chi connectivity index (χ2v) is 2.58. The molecular weight excluding hydrogens is 188 g/mol. The Hall–Kier alpha value is -1.14. The van der Waals surface area contributed by atoms with E-state index in [1.54, 1.807) is 6.92 Å². The minimum absolute atomic E-state index is 0.256. The molecule has 1 atom stereocenters. The van der Waals surface area contributed by atoms with Crippen molar-refractivity contribution in [3.05, 3.63) is 0 Å². The van der Waals surface area contributed by atoms with E-state index in [9.17, 15) is 9.59 Å². The van der Waals surface area contributed by atoms with E-state index in [-0.39, 0.29) is 12.5 Å². The highest BCUT2D eigenvalue weighted by Gasteiger charge is 2.25. The molecule has 1 amide bonds. The highest BCUT2D eigenvalue weighted by atomic mass is 16.7. The van der Waals surface area contributed by atoms with Crippen molar-refractivity contribution in [1.82, 2.24) is 10.4 Å². The molecule has 6 heteroatoms. The molecule has 0 aromatic heterocycles. The molecule has 0 spiro atoms. The predicted molar refractivity (Wildman–Crippen MR) is 49.0 cm³/mol. The molecule has 14 heavy (non-hydrogen) atoms. The van der Waals surface area contributed by atoms with E-state index in [0.29, 0.717) is 0 Å². The summed E-state index contributed by atoms with van der Waals surface area (Å²) in [4.78, 5) is 26.9. The molecule has 1 unspecified atom stereocenters. The van der Waals surface area contributed by atoms with E-state index in [2.05, 4.69) is 5.32 Å². The molecule has 0 saturated heterocycles. The Kier molecular flexibility index (Phi) is 5.82. The number of likely N-dealkylation sites (N-methyl/N-ethyl adjacent to an activating group) is 1. The highest BCUT2D eigenvalue weighted by molar-refractivity contribution is 5.82. The largest absolute Gasteiger partial charge is 0.463 e. The first kappa shape index (κ1) is 12.9. The predicted octanol–water partition coefficient (Wildman–Crippen LogP) is -0.495. The summed E-state index contributed by atoms with van der Waals surface area (Å²) in [6.07, 6.45) is -0.905. The second kappa shape index (κ2) is 6.33. The molecule has 6 nitrogen and oxygen atoms in total. The number of nitrogens with one attached hydrogen (secondary N) is 1. The van der Waals surface area contributed by atoms with E-state index in [0.717, 1.165) is 0 Å². The van der Waals surface area contributed by atoms with E-state index in [4.69, 9.17) is 9.57 Å². The van der Waals surface area contributed by atoms with Crippen LogP contribution in [0.25, 0.3) is 0 Å². The maximum atomic E-state index is 11.3. The number of esters is 1. The van der Waals surface area contributed by atoms with Gasteiger partial charge in [-0.15, -0.1) is 0 Å². The second-order valence-electron chi connectivity index (χ2n) is 2.58. The Morgan fingerprint density at radius 3 is 2.43 bits per heavy atom. The third-order valence-corrected chi connectivity index (χ3v) is 1.50. The third kappa shape index (κ3) is 4.20. The SMILES string of the molecule is CCOC(=O)C(NC(C)=O)N(C)OC. The van der Waals surface area contributed by atoms with Crippen LogP contribution in [0.4, 0.5) is 0 Å². The van der Waals surface area contributed by atoms with Gasteiger partial charge in [-0.25, -0.2) is 4.79 Å². The normalized spacial score (nSPS) is 12.4. The highest BCUT2D eigenvalue weighted by Crippen LogP contribution is 1.96. The van der Waals surface area contributed by atoms with Gasteiger partial charge in [0.15, 0.2) is 0 Å². The molecule has 0 saturated carbocycles. The van der Waals surface area contributed by atoms with Crippen LogP contribution in [-0.4, -0.2) is 43.9 Å². The number of ether oxygens (including phenoxy) is 1. The summed E-state index contributed by atoms with van der Waals surface area (Å²) in [6, 6.07) is 0. The van der Waals surface area contributed by atoms with Crippen molar-refractivity contribution in [1.29, 1.82) is 0 Å². The molecule has 0 aliphatic rings. The molecule has 0 radical (unpaired) electrons. The van der Waals surface area contributed by atoms with Crippen molar-refractivity contribution < 1.29 is 19.2 Å². The fourth-order valence-corrected chi connectivity index (χ4v) is 0.817. The van der Waals surface area contributed by atoms with Gasteiger partial charge in [0, 0.05) is 14.0 Å². The Labute approximate surface area is 83.1 Å². The van der Waals surface area contributed by atoms with Crippen LogP contribution in [0.2, 0.25) is 0 Å². The molecule has 0 heterocycles. The van der Waals surface area contributed by atoms with Crippen molar-refractivity contribution in [2.45, 2.75) is 20.0 Å². The first-order valence-electron chi connectivity index (χ1n) is 4.23. The molecule has 0 aromatic carbocycles. The van der Waals surface area contributed by atoms with Crippen molar-refractivity contribution in [3.63, 3.8) is 0 Å². The topological polar surface area (TPSA) is 67.9 Å². The molecule has 0 aliphatic carbocycles. The molecule has 0 aromatic rings. The molecule has 0 aliphatic heterocycles. The number of hydrogen-bond acceptors (Lipinski definition) is 5. The molecule has 0 bridgehead atoms. The zero-order chi connectivity index (χ0) is 11.1. The number of carbonyl (C=O) groups excluding carboxylic acids is 2. The van der Waals surface area contributed by atoms with Crippen LogP contribution < -0.4 is 5.32 Å². The lowest BCUT2D eigenvalue weighted by Gasteiger charge is -2.23.